The van der Waals surface area contributed by atoms with E-state index in [0.717, 1.165) is 37.4 Å². The minimum absolute atomic E-state index is 0.0118. The molecule has 0 bridgehead atoms. The van der Waals surface area contributed by atoms with Crippen LogP contribution in [0.2, 0.25) is 0 Å². The number of carbonyl (C=O) groups excluding carboxylic acids is 1. The molecule has 1 amide bonds. The second kappa shape index (κ2) is 6.25. The maximum absolute atomic E-state index is 13.1. The summed E-state index contributed by atoms with van der Waals surface area (Å²) >= 11 is 0. The van der Waals surface area contributed by atoms with Gasteiger partial charge in [-0.2, -0.15) is 0 Å². The second-order valence-electron chi connectivity index (χ2n) is 7.76. The van der Waals surface area contributed by atoms with Gasteiger partial charge in [-0.25, -0.2) is 9.97 Å². The molecule has 0 N–H and O–H groups in total. The number of hydrogen-bond acceptors (Lipinski definition) is 3. The summed E-state index contributed by atoms with van der Waals surface area (Å²) in [4.78, 5) is 24.1. The molecule has 1 atom stereocenters. The van der Waals surface area contributed by atoms with Gasteiger partial charge < -0.3 is 4.90 Å². The third kappa shape index (κ3) is 3.17. The van der Waals surface area contributed by atoms with E-state index in [-0.39, 0.29) is 11.3 Å². The molecular weight excluding hydrogens is 310 g/mol. The summed E-state index contributed by atoms with van der Waals surface area (Å²) in [5.74, 6) is 1.49. The number of piperidine rings is 1. The fraction of sp³-hybridized carbons (Fsp3) is 0.476. The van der Waals surface area contributed by atoms with Gasteiger partial charge >= 0.3 is 0 Å². The molecule has 2 fully saturated rings. The molecule has 1 aliphatic heterocycles. The van der Waals surface area contributed by atoms with Gasteiger partial charge in [-0.15, -0.1) is 0 Å². The first-order valence-corrected chi connectivity index (χ1v) is 9.25. The normalized spacial score (nSPS) is 23.5. The van der Waals surface area contributed by atoms with Gasteiger partial charge in [-0.1, -0.05) is 37.3 Å². The van der Waals surface area contributed by atoms with Crippen LogP contribution in [-0.4, -0.2) is 33.9 Å². The largest absolute Gasteiger partial charge is 0.338 e. The van der Waals surface area contributed by atoms with Gasteiger partial charge in [0.2, 0.25) is 0 Å². The van der Waals surface area contributed by atoms with Crippen LogP contribution >= 0.6 is 0 Å². The van der Waals surface area contributed by atoms with Crippen molar-refractivity contribution in [3.05, 3.63) is 59.2 Å². The summed E-state index contributed by atoms with van der Waals surface area (Å²) in [7, 11) is 0. The second-order valence-corrected chi connectivity index (χ2v) is 7.76. The number of hydrogen-bond donors (Lipinski definition) is 0. The van der Waals surface area contributed by atoms with Crippen molar-refractivity contribution in [2.24, 2.45) is 0 Å². The molecule has 4 heteroatoms. The van der Waals surface area contributed by atoms with E-state index in [1.165, 1.54) is 18.4 Å². The average molecular weight is 335 g/mol. The number of benzene rings is 1. The third-order valence-electron chi connectivity index (χ3n) is 5.63. The van der Waals surface area contributed by atoms with Crippen molar-refractivity contribution in [3.63, 3.8) is 0 Å². The number of likely N-dealkylation sites (tertiary alicyclic amines) is 1. The van der Waals surface area contributed by atoms with Gasteiger partial charge in [0.1, 0.15) is 5.82 Å². The van der Waals surface area contributed by atoms with Crippen LogP contribution in [-0.2, 0) is 5.41 Å². The Morgan fingerprint density at radius 1 is 1.24 bits per heavy atom. The molecule has 1 unspecified atom stereocenters. The molecule has 1 aromatic carbocycles. The summed E-state index contributed by atoms with van der Waals surface area (Å²) in [5, 5.41) is 0. The summed E-state index contributed by atoms with van der Waals surface area (Å²) in [6.45, 7) is 5.76. The summed E-state index contributed by atoms with van der Waals surface area (Å²) < 4.78 is 0. The van der Waals surface area contributed by atoms with Gasteiger partial charge in [-0.3, -0.25) is 4.79 Å². The van der Waals surface area contributed by atoms with Crippen molar-refractivity contribution in [1.29, 1.82) is 0 Å². The number of carbonyl (C=O) groups is 1. The standard InChI is InChI=1S/C21H25N3O/c1-15-18(13-22-19(23-15)16-9-10-16)20(25)24-12-6-11-21(2,14-24)17-7-4-3-5-8-17/h3-5,7-8,13,16H,6,9-12,14H2,1-2H3. The summed E-state index contributed by atoms with van der Waals surface area (Å²) in [5.41, 5.74) is 2.79. The van der Waals surface area contributed by atoms with Crippen LogP contribution in [0.25, 0.3) is 0 Å². The number of rotatable bonds is 3. The van der Waals surface area contributed by atoms with Crippen LogP contribution in [0.15, 0.2) is 36.5 Å². The number of amides is 1. The van der Waals surface area contributed by atoms with E-state index >= 15 is 0 Å². The van der Waals surface area contributed by atoms with Crippen molar-refractivity contribution in [1.82, 2.24) is 14.9 Å². The van der Waals surface area contributed by atoms with Gasteiger partial charge in [0, 0.05) is 30.6 Å². The molecule has 4 rings (SSSR count). The van der Waals surface area contributed by atoms with E-state index < -0.39 is 0 Å². The van der Waals surface area contributed by atoms with Crippen molar-refractivity contribution < 1.29 is 4.79 Å². The molecule has 1 saturated heterocycles. The van der Waals surface area contributed by atoms with Gasteiger partial charge in [0.15, 0.2) is 0 Å². The molecule has 2 aromatic rings. The van der Waals surface area contributed by atoms with Crippen molar-refractivity contribution in [3.8, 4) is 0 Å². The zero-order chi connectivity index (χ0) is 17.4. The highest BCUT2D eigenvalue weighted by Gasteiger charge is 2.35. The van der Waals surface area contributed by atoms with Gasteiger partial charge in [0.25, 0.3) is 5.91 Å². The van der Waals surface area contributed by atoms with Crippen LogP contribution in [0.3, 0.4) is 0 Å². The van der Waals surface area contributed by atoms with E-state index in [0.29, 0.717) is 11.5 Å². The fourth-order valence-corrected chi connectivity index (χ4v) is 3.89. The van der Waals surface area contributed by atoms with Crippen LogP contribution in [0, 0.1) is 6.92 Å². The molecule has 1 aliphatic carbocycles. The maximum atomic E-state index is 13.1. The highest BCUT2D eigenvalue weighted by Crippen LogP contribution is 2.38. The van der Waals surface area contributed by atoms with E-state index in [4.69, 9.17) is 0 Å². The Bertz CT molecular complexity index is 785. The predicted molar refractivity (Wildman–Crippen MR) is 97.7 cm³/mol. The molecule has 2 heterocycles. The minimum atomic E-state index is 0.0118. The fourth-order valence-electron chi connectivity index (χ4n) is 3.89. The molecule has 0 spiro atoms. The third-order valence-corrected chi connectivity index (χ3v) is 5.63. The Hall–Kier alpha value is -2.23. The highest BCUT2D eigenvalue weighted by atomic mass is 16.2. The topological polar surface area (TPSA) is 46.1 Å². The Morgan fingerprint density at radius 3 is 2.68 bits per heavy atom. The van der Waals surface area contributed by atoms with Crippen LogP contribution < -0.4 is 0 Å². The molecule has 0 radical (unpaired) electrons. The molecule has 1 aromatic heterocycles. The number of nitrogens with zero attached hydrogens (tertiary/aromatic N) is 3. The molecular formula is C21H25N3O. The lowest BCUT2D eigenvalue weighted by Gasteiger charge is -2.41. The van der Waals surface area contributed by atoms with E-state index in [9.17, 15) is 4.79 Å². The Labute approximate surface area is 149 Å². The first kappa shape index (κ1) is 16.2. The van der Waals surface area contributed by atoms with Crippen LogP contribution in [0.5, 0.6) is 0 Å². The van der Waals surface area contributed by atoms with Crippen molar-refractivity contribution in [2.75, 3.05) is 13.1 Å². The quantitative estimate of drug-likeness (QED) is 0.856. The van der Waals surface area contributed by atoms with E-state index in [2.05, 4.69) is 41.2 Å². The molecule has 2 aliphatic rings. The first-order valence-electron chi connectivity index (χ1n) is 9.25. The Morgan fingerprint density at radius 2 is 2.00 bits per heavy atom. The van der Waals surface area contributed by atoms with E-state index in [1.54, 1.807) is 6.20 Å². The van der Waals surface area contributed by atoms with Crippen molar-refractivity contribution in [2.45, 2.75) is 50.9 Å². The number of aromatic nitrogens is 2. The van der Waals surface area contributed by atoms with Gasteiger partial charge in [-0.05, 0) is 38.2 Å². The zero-order valence-electron chi connectivity index (χ0n) is 15.0. The highest BCUT2D eigenvalue weighted by molar-refractivity contribution is 5.95. The SMILES string of the molecule is Cc1nc(C2CC2)ncc1C(=O)N1CCCC(C)(c2ccccc2)C1. The minimum Gasteiger partial charge on any atom is -0.338 e. The average Bonchev–Trinajstić information content (AvgIpc) is 3.47. The Balaban J connectivity index is 1.56. The molecule has 130 valence electrons. The zero-order valence-corrected chi connectivity index (χ0v) is 15.0. The maximum Gasteiger partial charge on any atom is 0.257 e. The monoisotopic (exact) mass is 335 g/mol. The molecule has 25 heavy (non-hydrogen) atoms. The predicted octanol–water partition coefficient (Wildman–Crippen LogP) is 3.86. The lowest BCUT2D eigenvalue weighted by Crippen LogP contribution is -2.47. The smallest absolute Gasteiger partial charge is 0.257 e. The van der Waals surface area contributed by atoms with E-state index in [1.807, 2.05) is 17.9 Å². The summed E-state index contributed by atoms with van der Waals surface area (Å²) in [6, 6.07) is 10.5. The van der Waals surface area contributed by atoms with Gasteiger partial charge in [0.05, 0.1) is 11.3 Å². The molecule has 1 saturated carbocycles. The van der Waals surface area contributed by atoms with Crippen LogP contribution in [0.1, 0.15) is 66.0 Å². The summed E-state index contributed by atoms with van der Waals surface area (Å²) in [6.07, 6.45) is 6.23. The number of aryl methyl sites for hydroxylation is 1. The van der Waals surface area contributed by atoms with Crippen molar-refractivity contribution >= 4 is 5.91 Å². The lowest BCUT2D eigenvalue weighted by atomic mass is 9.76. The first-order chi connectivity index (χ1) is 12.1. The van der Waals surface area contributed by atoms with Crippen LogP contribution in [0.4, 0.5) is 0 Å². The lowest BCUT2D eigenvalue weighted by molar-refractivity contribution is 0.0649. The Kier molecular flexibility index (Phi) is 4.06. The molecule has 4 nitrogen and oxygen atoms in total.